The summed E-state index contributed by atoms with van der Waals surface area (Å²) in [6.45, 7) is 1.77. The summed E-state index contributed by atoms with van der Waals surface area (Å²) in [5.41, 5.74) is 2.66. The van der Waals surface area contributed by atoms with E-state index in [2.05, 4.69) is 4.98 Å². The van der Waals surface area contributed by atoms with Crippen molar-refractivity contribution in [3.63, 3.8) is 0 Å². The van der Waals surface area contributed by atoms with Crippen molar-refractivity contribution in [2.75, 3.05) is 0 Å². The molecule has 2 nitrogen and oxygen atoms in total. The zero-order valence-electron chi connectivity index (χ0n) is 9.04. The second-order valence-corrected chi connectivity index (χ2v) is 4.89. The van der Waals surface area contributed by atoms with Gasteiger partial charge in [0.25, 0.3) is 0 Å². The molecular formula is C12H9ClFNOS. The summed E-state index contributed by atoms with van der Waals surface area (Å²) in [7, 11) is 0. The maximum absolute atomic E-state index is 13.5. The highest BCUT2D eigenvalue weighted by Gasteiger charge is 2.14. The van der Waals surface area contributed by atoms with Crippen molar-refractivity contribution in [1.29, 1.82) is 0 Å². The summed E-state index contributed by atoms with van der Waals surface area (Å²) in [5, 5.41) is 0.327. The van der Waals surface area contributed by atoms with E-state index in [1.165, 1.54) is 23.5 Å². The third-order valence-electron chi connectivity index (χ3n) is 2.36. The molecule has 17 heavy (non-hydrogen) atoms. The Morgan fingerprint density at radius 1 is 1.53 bits per heavy atom. The summed E-state index contributed by atoms with van der Waals surface area (Å²) in [5.74, 6) is -0.570. The molecule has 2 aromatic rings. The van der Waals surface area contributed by atoms with E-state index in [1.807, 2.05) is 0 Å². The maximum atomic E-state index is 13.5. The molecule has 1 aromatic carbocycles. The van der Waals surface area contributed by atoms with Gasteiger partial charge < -0.3 is 0 Å². The van der Waals surface area contributed by atoms with Gasteiger partial charge in [-0.3, -0.25) is 4.79 Å². The first-order chi connectivity index (χ1) is 8.08. The number of hydrogen-bond acceptors (Lipinski definition) is 3. The number of aromatic nitrogens is 1. The van der Waals surface area contributed by atoms with Gasteiger partial charge in [-0.1, -0.05) is 17.7 Å². The predicted octanol–water partition coefficient (Wildman–Crippen LogP) is 3.67. The highest BCUT2D eigenvalue weighted by atomic mass is 35.5. The minimum Gasteiger partial charge on any atom is -0.293 e. The first kappa shape index (κ1) is 12.2. The smallest absolute Gasteiger partial charge is 0.179 e. The van der Waals surface area contributed by atoms with Crippen LogP contribution in [0.15, 0.2) is 23.7 Å². The van der Waals surface area contributed by atoms with Gasteiger partial charge in [0.2, 0.25) is 0 Å². The van der Waals surface area contributed by atoms with E-state index in [0.717, 1.165) is 0 Å². The predicted molar refractivity (Wildman–Crippen MR) is 66.3 cm³/mol. The number of Topliss-reactive ketones (excluding diaryl/α,β-unsaturated/α-hetero) is 1. The molecule has 0 saturated carbocycles. The average Bonchev–Trinajstić information content (AvgIpc) is 2.68. The van der Waals surface area contributed by atoms with Crippen LogP contribution >= 0.6 is 22.9 Å². The standard InChI is InChI=1S/C12H9ClFNOS/c1-7-12(17-6-15-7)11(16)4-8-2-3-9(13)5-10(8)14/h2-3,5-6H,4H2,1H3. The number of benzene rings is 1. The molecule has 1 heterocycles. The summed E-state index contributed by atoms with van der Waals surface area (Å²) in [6, 6.07) is 4.32. The molecule has 0 amide bonds. The number of aryl methyl sites for hydroxylation is 1. The van der Waals surface area contributed by atoms with E-state index in [4.69, 9.17) is 11.6 Å². The van der Waals surface area contributed by atoms with Crippen molar-refractivity contribution in [1.82, 2.24) is 4.98 Å². The molecule has 0 spiro atoms. The van der Waals surface area contributed by atoms with E-state index >= 15 is 0 Å². The van der Waals surface area contributed by atoms with E-state index in [0.29, 0.717) is 21.2 Å². The molecule has 0 atom stereocenters. The molecule has 0 N–H and O–H groups in total. The fourth-order valence-electron chi connectivity index (χ4n) is 1.49. The lowest BCUT2D eigenvalue weighted by atomic mass is 10.1. The normalized spacial score (nSPS) is 10.5. The number of carbonyl (C=O) groups is 1. The summed E-state index contributed by atoms with van der Waals surface area (Å²) < 4.78 is 13.5. The average molecular weight is 270 g/mol. The third kappa shape index (κ3) is 2.70. The molecule has 88 valence electrons. The highest BCUT2D eigenvalue weighted by Crippen LogP contribution is 2.19. The molecule has 0 aliphatic carbocycles. The monoisotopic (exact) mass is 269 g/mol. The molecule has 0 aliphatic heterocycles. The minimum atomic E-state index is -0.451. The van der Waals surface area contributed by atoms with Gasteiger partial charge in [0.15, 0.2) is 5.78 Å². The van der Waals surface area contributed by atoms with Gasteiger partial charge in [0, 0.05) is 11.4 Å². The number of ketones is 1. The van der Waals surface area contributed by atoms with Crippen molar-refractivity contribution < 1.29 is 9.18 Å². The van der Waals surface area contributed by atoms with Crippen molar-refractivity contribution in [2.45, 2.75) is 13.3 Å². The maximum Gasteiger partial charge on any atom is 0.179 e. The number of thiazole rings is 1. The molecule has 0 fully saturated rings. The van der Waals surface area contributed by atoms with Crippen LogP contribution in [0.1, 0.15) is 20.9 Å². The largest absolute Gasteiger partial charge is 0.293 e. The second-order valence-electron chi connectivity index (χ2n) is 3.60. The van der Waals surface area contributed by atoms with Crippen LogP contribution in [0.2, 0.25) is 5.02 Å². The fourth-order valence-corrected chi connectivity index (χ4v) is 2.39. The Morgan fingerprint density at radius 3 is 2.88 bits per heavy atom. The third-order valence-corrected chi connectivity index (χ3v) is 3.57. The summed E-state index contributed by atoms with van der Waals surface area (Å²) in [4.78, 5) is 16.5. The fraction of sp³-hybridized carbons (Fsp3) is 0.167. The lowest BCUT2D eigenvalue weighted by Crippen LogP contribution is -2.04. The number of halogens is 2. The summed E-state index contributed by atoms with van der Waals surface area (Å²) >= 11 is 6.92. The van der Waals surface area contributed by atoms with Crippen LogP contribution in [0.4, 0.5) is 4.39 Å². The van der Waals surface area contributed by atoms with Gasteiger partial charge in [0.1, 0.15) is 5.82 Å². The number of carbonyl (C=O) groups excluding carboxylic acids is 1. The Morgan fingerprint density at radius 2 is 2.29 bits per heavy atom. The van der Waals surface area contributed by atoms with Crippen molar-refractivity contribution >= 4 is 28.7 Å². The first-order valence-corrected chi connectivity index (χ1v) is 6.21. The SMILES string of the molecule is Cc1ncsc1C(=O)Cc1ccc(Cl)cc1F. The van der Waals surface area contributed by atoms with E-state index in [9.17, 15) is 9.18 Å². The number of nitrogens with zero attached hydrogens (tertiary/aromatic N) is 1. The zero-order valence-corrected chi connectivity index (χ0v) is 10.6. The van der Waals surface area contributed by atoms with E-state index < -0.39 is 5.82 Å². The van der Waals surface area contributed by atoms with Crippen LogP contribution in [0.25, 0.3) is 0 Å². The van der Waals surface area contributed by atoms with Crippen LogP contribution in [0, 0.1) is 12.7 Å². The molecular weight excluding hydrogens is 261 g/mol. The van der Waals surface area contributed by atoms with E-state index in [1.54, 1.807) is 18.5 Å². The molecule has 5 heteroatoms. The number of hydrogen-bond donors (Lipinski definition) is 0. The Bertz CT molecular complexity index is 567. The summed E-state index contributed by atoms with van der Waals surface area (Å²) in [6.07, 6.45) is 0.0338. The molecule has 0 unspecified atom stereocenters. The Labute approximate surface area is 107 Å². The van der Waals surface area contributed by atoms with Gasteiger partial charge in [-0.2, -0.15) is 0 Å². The highest BCUT2D eigenvalue weighted by molar-refractivity contribution is 7.11. The van der Waals surface area contributed by atoms with Gasteiger partial charge in [-0.25, -0.2) is 9.37 Å². The Balaban J connectivity index is 2.22. The lowest BCUT2D eigenvalue weighted by Gasteiger charge is -2.02. The van der Waals surface area contributed by atoms with Crippen LogP contribution in [-0.2, 0) is 6.42 Å². The second kappa shape index (κ2) is 4.94. The quantitative estimate of drug-likeness (QED) is 0.796. The van der Waals surface area contributed by atoms with Crippen molar-refractivity contribution in [3.05, 3.63) is 50.7 Å². The van der Waals surface area contributed by atoms with Gasteiger partial charge >= 0.3 is 0 Å². The topological polar surface area (TPSA) is 30.0 Å². The zero-order chi connectivity index (χ0) is 12.4. The van der Waals surface area contributed by atoms with E-state index in [-0.39, 0.29) is 12.2 Å². The van der Waals surface area contributed by atoms with Gasteiger partial charge in [-0.05, 0) is 24.6 Å². The van der Waals surface area contributed by atoms with Crippen LogP contribution in [0.3, 0.4) is 0 Å². The molecule has 1 aromatic heterocycles. The number of rotatable bonds is 3. The first-order valence-electron chi connectivity index (χ1n) is 4.95. The van der Waals surface area contributed by atoms with Crippen LogP contribution < -0.4 is 0 Å². The van der Waals surface area contributed by atoms with Crippen LogP contribution in [0.5, 0.6) is 0 Å². The molecule has 0 radical (unpaired) electrons. The van der Waals surface area contributed by atoms with Crippen LogP contribution in [-0.4, -0.2) is 10.8 Å². The molecule has 0 bridgehead atoms. The Hall–Kier alpha value is -1.26. The molecule has 0 aliphatic rings. The van der Waals surface area contributed by atoms with Crippen molar-refractivity contribution in [2.24, 2.45) is 0 Å². The molecule has 0 saturated heterocycles. The van der Waals surface area contributed by atoms with Gasteiger partial charge in [-0.15, -0.1) is 11.3 Å². The minimum absolute atomic E-state index is 0.0338. The molecule has 2 rings (SSSR count). The lowest BCUT2D eigenvalue weighted by molar-refractivity contribution is 0.0995. The van der Waals surface area contributed by atoms with Gasteiger partial charge in [0.05, 0.1) is 16.1 Å². The van der Waals surface area contributed by atoms with Crippen molar-refractivity contribution in [3.8, 4) is 0 Å². The Kier molecular flexibility index (Phi) is 3.54.